The summed E-state index contributed by atoms with van der Waals surface area (Å²) in [6.07, 6.45) is 2.04. The van der Waals surface area contributed by atoms with Gasteiger partial charge in [-0.1, -0.05) is 61.7 Å². The zero-order valence-corrected chi connectivity index (χ0v) is 26.9. The number of halogens is 1. The maximum absolute atomic E-state index is 14.2. The maximum atomic E-state index is 14.2. The zero-order chi connectivity index (χ0) is 31.6. The summed E-state index contributed by atoms with van der Waals surface area (Å²) >= 11 is 6.39. The first-order valence-corrected chi connectivity index (χ1v) is 16.0. The van der Waals surface area contributed by atoms with Crippen molar-refractivity contribution in [1.82, 2.24) is 10.2 Å². The third kappa shape index (κ3) is 8.64. The molecule has 9 nitrogen and oxygen atoms in total. The standard InChI is InChI=1S/C32H40ClN3O6S/c1-6-8-19-34-32(38)29(7-2)35(21-24-11-14-26(41-4)15-12-24)31(37)22-36(25-13-18-30(42-5)28(33)20-25)43(39,40)27-16-9-23(3)10-17-27/h9-18,20,29H,6-8,19,21-22H2,1-5H3,(H,34,38). The molecule has 3 rings (SSSR count). The molecule has 43 heavy (non-hydrogen) atoms. The molecule has 0 radical (unpaired) electrons. The number of unbranched alkanes of at least 4 members (excludes halogenated alkanes) is 1. The van der Waals surface area contributed by atoms with E-state index >= 15 is 0 Å². The van der Waals surface area contributed by atoms with E-state index in [9.17, 15) is 18.0 Å². The number of aryl methyl sites for hydroxylation is 1. The van der Waals surface area contributed by atoms with Gasteiger partial charge < -0.3 is 19.7 Å². The molecule has 11 heteroatoms. The van der Waals surface area contributed by atoms with Crippen molar-refractivity contribution < 1.29 is 27.5 Å². The minimum absolute atomic E-state index is 0.0175. The van der Waals surface area contributed by atoms with E-state index in [0.717, 1.165) is 28.3 Å². The molecule has 232 valence electrons. The molecule has 0 aliphatic rings. The largest absolute Gasteiger partial charge is 0.497 e. The van der Waals surface area contributed by atoms with Crippen molar-refractivity contribution >= 4 is 39.1 Å². The number of ether oxygens (including phenoxy) is 2. The molecule has 0 aromatic heterocycles. The van der Waals surface area contributed by atoms with Crippen molar-refractivity contribution in [3.8, 4) is 11.5 Å². The highest BCUT2D eigenvalue weighted by Crippen LogP contribution is 2.32. The van der Waals surface area contributed by atoms with E-state index in [2.05, 4.69) is 5.32 Å². The van der Waals surface area contributed by atoms with Gasteiger partial charge in [-0.3, -0.25) is 13.9 Å². The van der Waals surface area contributed by atoms with Crippen LogP contribution in [0.25, 0.3) is 0 Å². The predicted molar refractivity (Wildman–Crippen MR) is 169 cm³/mol. The number of hydrogen-bond acceptors (Lipinski definition) is 6. The van der Waals surface area contributed by atoms with Crippen LogP contribution in [0.4, 0.5) is 5.69 Å². The second-order valence-corrected chi connectivity index (χ2v) is 12.4. The fourth-order valence-corrected chi connectivity index (χ4v) is 6.19. The molecule has 0 aliphatic heterocycles. The summed E-state index contributed by atoms with van der Waals surface area (Å²) in [6, 6.07) is 17.2. The van der Waals surface area contributed by atoms with Gasteiger partial charge >= 0.3 is 0 Å². The monoisotopic (exact) mass is 629 g/mol. The summed E-state index contributed by atoms with van der Waals surface area (Å²) < 4.78 is 39.6. The molecular weight excluding hydrogens is 590 g/mol. The number of rotatable bonds is 15. The Bertz CT molecular complexity index is 1480. The molecule has 2 amide bonds. The molecule has 1 N–H and O–H groups in total. The SMILES string of the molecule is CCCCNC(=O)C(CC)N(Cc1ccc(OC)cc1)C(=O)CN(c1ccc(OC)c(Cl)c1)S(=O)(=O)c1ccc(C)cc1. The van der Waals surface area contributed by atoms with Gasteiger partial charge in [-0.25, -0.2) is 8.42 Å². The molecule has 0 bridgehead atoms. The number of carbonyl (C=O) groups is 2. The Hall–Kier alpha value is -3.76. The van der Waals surface area contributed by atoms with Gasteiger partial charge in [-0.05, 0) is 67.8 Å². The lowest BCUT2D eigenvalue weighted by atomic mass is 10.1. The van der Waals surface area contributed by atoms with Crippen LogP contribution in [-0.4, -0.2) is 58.5 Å². The maximum Gasteiger partial charge on any atom is 0.264 e. The van der Waals surface area contributed by atoms with E-state index in [4.69, 9.17) is 21.1 Å². The quantitative estimate of drug-likeness (QED) is 0.220. The second kappa shape index (κ2) is 15.6. The molecule has 1 atom stereocenters. The van der Waals surface area contributed by atoms with E-state index in [1.165, 1.54) is 36.3 Å². The Morgan fingerprint density at radius 1 is 0.953 bits per heavy atom. The van der Waals surface area contributed by atoms with Crippen LogP contribution in [-0.2, 0) is 26.2 Å². The van der Waals surface area contributed by atoms with Crippen LogP contribution in [0.1, 0.15) is 44.2 Å². The van der Waals surface area contributed by atoms with E-state index in [0.29, 0.717) is 24.5 Å². The predicted octanol–water partition coefficient (Wildman–Crippen LogP) is 5.58. The topological polar surface area (TPSA) is 105 Å². The molecular formula is C32H40ClN3O6S. The fourth-order valence-electron chi connectivity index (χ4n) is 4.53. The van der Waals surface area contributed by atoms with E-state index in [1.54, 1.807) is 37.4 Å². The number of carbonyl (C=O) groups excluding carboxylic acids is 2. The minimum atomic E-state index is -4.22. The molecule has 3 aromatic carbocycles. The van der Waals surface area contributed by atoms with Crippen molar-refractivity contribution in [1.29, 1.82) is 0 Å². The lowest BCUT2D eigenvalue weighted by Gasteiger charge is -2.33. The molecule has 1 unspecified atom stereocenters. The minimum Gasteiger partial charge on any atom is -0.497 e. The van der Waals surface area contributed by atoms with Crippen LogP contribution in [0.5, 0.6) is 11.5 Å². The van der Waals surface area contributed by atoms with Gasteiger partial charge in [0, 0.05) is 13.1 Å². The van der Waals surface area contributed by atoms with E-state index in [-0.39, 0.29) is 28.1 Å². The molecule has 0 fully saturated rings. The number of nitrogens with one attached hydrogen (secondary N) is 1. The van der Waals surface area contributed by atoms with Crippen LogP contribution >= 0.6 is 11.6 Å². The van der Waals surface area contributed by atoms with Gasteiger partial charge in [0.05, 0.1) is 29.8 Å². The zero-order valence-electron chi connectivity index (χ0n) is 25.3. The van der Waals surface area contributed by atoms with Crippen LogP contribution in [0.15, 0.2) is 71.6 Å². The summed E-state index contributed by atoms with van der Waals surface area (Å²) in [5, 5.41) is 3.11. The highest BCUT2D eigenvalue weighted by atomic mass is 35.5. The highest BCUT2D eigenvalue weighted by molar-refractivity contribution is 7.92. The summed E-state index contributed by atoms with van der Waals surface area (Å²) in [7, 11) is -1.20. The van der Waals surface area contributed by atoms with E-state index < -0.39 is 28.5 Å². The molecule has 0 aliphatic carbocycles. The third-order valence-corrected chi connectivity index (χ3v) is 9.12. The van der Waals surface area contributed by atoms with Crippen LogP contribution in [0, 0.1) is 6.92 Å². The molecule has 3 aromatic rings. The Balaban J connectivity index is 2.07. The van der Waals surface area contributed by atoms with Gasteiger partial charge in [0.15, 0.2) is 0 Å². The molecule has 0 heterocycles. The molecule has 0 spiro atoms. The van der Waals surface area contributed by atoms with Gasteiger partial charge in [0.1, 0.15) is 24.1 Å². The number of benzene rings is 3. The Labute approximate surface area is 259 Å². The van der Waals surface area contributed by atoms with Crippen LogP contribution in [0.3, 0.4) is 0 Å². The number of amides is 2. The first kappa shape index (κ1) is 33.7. The highest BCUT2D eigenvalue weighted by Gasteiger charge is 2.34. The van der Waals surface area contributed by atoms with Crippen LogP contribution < -0.4 is 19.1 Å². The van der Waals surface area contributed by atoms with Crippen molar-refractivity contribution in [2.24, 2.45) is 0 Å². The Morgan fingerprint density at radius 2 is 1.63 bits per heavy atom. The lowest BCUT2D eigenvalue weighted by Crippen LogP contribution is -2.52. The van der Waals surface area contributed by atoms with Gasteiger partial charge in [0.2, 0.25) is 11.8 Å². The van der Waals surface area contributed by atoms with Crippen molar-refractivity contribution in [2.75, 3.05) is 31.6 Å². The van der Waals surface area contributed by atoms with Crippen molar-refractivity contribution in [2.45, 2.75) is 57.5 Å². The van der Waals surface area contributed by atoms with Crippen molar-refractivity contribution in [3.05, 3.63) is 82.9 Å². The first-order chi connectivity index (χ1) is 20.5. The molecule has 0 saturated heterocycles. The number of nitrogens with zero attached hydrogens (tertiary/aromatic N) is 2. The summed E-state index contributed by atoms with van der Waals surface area (Å²) in [5.41, 5.74) is 1.83. The number of sulfonamides is 1. The number of methoxy groups -OCH3 is 2. The average molecular weight is 630 g/mol. The second-order valence-electron chi connectivity index (χ2n) is 10.1. The normalized spacial score (nSPS) is 11.9. The average Bonchev–Trinajstić information content (AvgIpc) is 3.00. The third-order valence-electron chi connectivity index (χ3n) is 7.04. The molecule has 0 saturated carbocycles. The Kier molecular flexibility index (Phi) is 12.3. The fraction of sp³-hybridized carbons (Fsp3) is 0.375. The summed E-state index contributed by atoms with van der Waals surface area (Å²) in [5.74, 6) is 0.173. The van der Waals surface area contributed by atoms with Gasteiger partial charge in [-0.15, -0.1) is 0 Å². The number of hydrogen-bond donors (Lipinski definition) is 1. The lowest BCUT2D eigenvalue weighted by molar-refractivity contribution is -0.140. The Morgan fingerprint density at radius 3 is 2.19 bits per heavy atom. The van der Waals surface area contributed by atoms with E-state index in [1.807, 2.05) is 32.9 Å². The van der Waals surface area contributed by atoms with Crippen LogP contribution in [0.2, 0.25) is 5.02 Å². The smallest absolute Gasteiger partial charge is 0.264 e. The van der Waals surface area contributed by atoms with Gasteiger partial charge in [0.25, 0.3) is 10.0 Å². The van der Waals surface area contributed by atoms with Gasteiger partial charge in [-0.2, -0.15) is 0 Å². The first-order valence-electron chi connectivity index (χ1n) is 14.2. The summed E-state index contributed by atoms with van der Waals surface area (Å²) in [4.78, 5) is 29.0. The summed E-state index contributed by atoms with van der Waals surface area (Å²) in [6.45, 7) is 5.71. The van der Waals surface area contributed by atoms with Crippen molar-refractivity contribution in [3.63, 3.8) is 0 Å². The number of anilines is 1.